The van der Waals surface area contributed by atoms with Crippen molar-refractivity contribution in [1.29, 1.82) is 0 Å². The smallest absolute Gasteiger partial charge is 0.216 e. The lowest BCUT2D eigenvalue weighted by atomic mass is 10.3. The molecule has 1 N–H and O–H groups in total. The zero-order chi connectivity index (χ0) is 14.5. The van der Waals surface area contributed by atoms with Crippen molar-refractivity contribution in [2.45, 2.75) is 11.3 Å². The van der Waals surface area contributed by atoms with E-state index in [1.54, 1.807) is 16.8 Å². The molecule has 0 saturated carbocycles. The maximum Gasteiger partial charge on any atom is 0.216 e. The summed E-state index contributed by atoms with van der Waals surface area (Å²) in [5.41, 5.74) is 0.737. The minimum atomic E-state index is -0.291. The minimum Gasteiger partial charge on any atom is -0.356 e. The molecule has 0 atom stereocenters. The van der Waals surface area contributed by atoms with Gasteiger partial charge in [0.15, 0.2) is 8.29 Å². The summed E-state index contributed by atoms with van der Waals surface area (Å²) in [7, 11) is 0. The van der Waals surface area contributed by atoms with E-state index in [4.69, 9.17) is 12.2 Å². The Bertz CT molecular complexity index is 651. The van der Waals surface area contributed by atoms with Gasteiger partial charge in [-0.25, -0.2) is 9.07 Å². The molecule has 1 heterocycles. The molecule has 2 aromatic rings. The van der Waals surface area contributed by atoms with Crippen molar-refractivity contribution in [1.82, 2.24) is 15.1 Å². The Kier molecular flexibility index (Phi) is 5.27. The molecule has 2 rings (SSSR count). The zero-order valence-corrected chi connectivity index (χ0v) is 13.1. The van der Waals surface area contributed by atoms with E-state index in [1.165, 1.54) is 42.2 Å². The SMILES string of the molecule is CC(=O)NCCSc1nn(-c2ccc(F)cc2)c(=S)s1. The molecule has 8 heteroatoms. The van der Waals surface area contributed by atoms with E-state index in [2.05, 4.69) is 10.4 Å². The summed E-state index contributed by atoms with van der Waals surface area (Å²) in [5, 5.41) is 7.10. The van der Waals surface area contributed by atoms with Gasteiger partial charge in [-0.1, -0.05) is 23.1 Å². The molecule has 0 spiro atoms. The Hall–Kier alpha value is -1.25. The molecule has 0 aliphatic carbocycles. The molecule has 1 aromatic heterocycles. The number of nitrogens with zero attached hydrogens (tertiary/aromatic N) is 2. The quantitative estimate of drug-likeness (QED) is 0.520. The zero-order valence-electron chi connectivity index (χ0n) is 10.6. The van der Waals surface area contributed by atoms with E-state index in [-0.39, 0.29) is 11.7 Å². The van der Waals surface area contributed by atoms with Crippen molar-refractivity contribution in [3.8, 4) is 5.69 Å². The lowest BCUT2D eigenvalue weighted by Crippen LogP contribution is -2.22. The van der Waals surface area contributed by atoms with Gasteiger partial charge in [-0.3, -0.25) is 4.79 Å². The average molecular weight is 329 g/mol. The van der Waals surface area contributed by atoms with Crippen molar-refractivity contribution in [3.05, 3.63) is 34.0 Å². The third-order valence-electron chi connectivity index (χ3n) is 2.30. The Morgan fingerprint density at radius 2 is 2.20 bits per heavy atom. The van der Waals surface area contributed by atoms with Crippen molar-refractivity contribution in [3.63, 3.8) is 0 Å². The topological polar surface area (TPSA) is 46.9 Å². The molecule has 0 radical (unpaired) electrons. The monoisotopic (exact) mass is 329 g/mol. The van der Waals surface area contributed by atoms with Crippen molar-refractivity contribution >= 4 is 41.2 Å². The van der Waals surface area contributed by atoms with Gasteiger partial charge < -0.3 is 5.32 Å². The molecule has 106 valence electrons. The minimum absolute atomic E-state index is 0.0462. The highest BCUT2D eigenvalue weighted by atomic mass is 32.2. The van der Waals surface area contributed by atoms with Crippen LogP contribution in [0.15, 0.2) is 28.6 Å². The molecule has 20 heavy (non-hydrogen) atoms. The number of amides is 1. The number of benzene rings is 1. The summed E-state index contributed by atoms with van der Waals surface area (Å²) in [4.78, 5) is 10.7. The lowest BCUT2D eigenvalue weighted by molar-refractivity contribution is -0.118. The van der Waals surface area contributed by atoms with Crippen LogP contribution in [0.3, 0.4) is 0 Å². The second-order valence-electron chi connectivity index (χ2n) is 3.85. The molecule has 1 amide bonds. The Morgan fingerprint density at radius 1 is 1.50 bits per heavy atom. The van der Waals surface area contributed by atoms with Crippen LogP contribution in [0.1, 0.15) is 6.92 Å². The van der Waals surface area contributed by atoms with Gasteiger partial charge in [-0.05, 0) is 36.5 Å². The summed E-state index contributed by atoms with van der Waals surface area (Å²) in [5.74, 6) is 0.390. The van der Waals surface area contributed by atoms with Crippen LogP contribution in [0.25, 0.3) is 5.69 Å². The third kappa shape index (κ3) is 4.12. The first-order valence-corrected chi connectivity index (χ1v) is 8.00. The van der Waals surface area contributed by atoms with E-state index in [1.807, 2.05) is 0 Å². The van der Waals surface area contributed by atoms with Crippen LogP contribution in [0, 0.1) is 9.77 Å². The van der Waals surface area contributed by atoms with Crippen molar-refractivity contribution in [2.75, 3.05) is 12.3 Å². The maximum absolute atomic E-state index is 12.9. The van der Waals surface area contributed by atoms with Crippen LogP contribution in [0.4, 0.5) is 4.39 Å². The molecule has 0 fully saturated rings. The molecule has 1 aromatic carbocycles. The van der Waals surface area contributed by atoms with Crippen LogP contribution < -0.4 is 5.32 Å². The number of thioether (sulfide) groups is 1. The highest BCUT2D eigenvalue weighted by Crippen LogP contribution is 2.23. The van der Waals surface area contributed by atoms with Gasteiger partial charge in [0.25, 0.3) is 0 Å². The Labute approximate surface area is 129 Å². The van der Waals surface area contributed by atoms with Crippen LogP contribution in [-0.2, 0) is 4.79 Å². The first-order valence-electron chi connectivity index (χ1n) is 5.79. The fraction of sp³-hybridized carbons (Fsp3) is 0.250. The lowest BCUT2D eigenvalue weighted by Gasteiger charge is -2.00. The maximum atomic E-state index is 12.9. The fourth-order valence-electron chi connectivity index (χ4n) is 1.43. The number of carbonyl (C=O) groups excluding carboxylic acids is 1. The number of aromatic nitrogens is 2. The number of carbonyl (C=O) groups is 1. The molecule has 0 unspecified atom stereocenters. The molecule has 0 saturated heterocycles. The number of nitrogens with one attached hydrogen (secondary N) is 1. The number of rotatable bonds is 5. The summed E-state index contributed by atoms with van der Waals surface area (Å²) >= 11 is 8.17. The van der Waals surface area contributed by atoms with E-state index >= 15 is 0 Å². The molecule has 0 aliphatic heterocycles. The van der Waals surface area contributed by atoms with Gasteiger partial charge in [-0.2, -0.15) is 0 Å². The highest BCUT2D eigenvalue weighted by molar-refractivity contribution is 8.01. The number of hydrogen-bond acceptors (Lipinski definition) is 5. The van der Waals surface area contributed by atoms with E-state index in [0.717, 1.165) is 15.8 Å². The van der Waals surface area contributed by atoms with Gasteiger partial charge in [-0.15, -0.1) is 5.10 Å². The van der Waals surface area contributed by atoms with Crippen LogP contribution in [0.5, 0.6) is 0 Å². The third-order valence-corrected chi connectivity index (χ3v) is 4.67. The Balaban J connectivity index is 2.04. The highest BCUT2D eigenvalue weighted by Gasteiger charge is 2.06. The van der Waals surface area contributed by atoms with E-state index < -0.39 is 0 Å². The number of hydrogen-bond donors (Lipinski definition) is 1. The van der Waals surface area contributed by atoms with Gasteiger partial charge in [0.05, 0.1) is 5.69 Å². The standard InChI is InChI=1S/C12H12FN3OS3/c1-8(17)14-6-7-19-11-15-16(12(18)20-11)10-4-2-9(13)3-5-10/h2-5H,6-7H2,1H3,(H,14,17). The summed E-state index contributed by atoms with van der Waals surface area (Å²) in [6, 6.07) is 6.02. The van der Waals surface area contributed by atoms with Crippen LogP contribution in [0.2, 0.25) is 0 Å². The summed E-state index contributed by atoms with van der Waals surface area (Å²) in [6.45, 7) is 2.07. The Morgan fingerprint density at radius 3 is 2.85 bits per heavy atom. The van der Waals surface area contributed by atoms with Crippen LogP contribution in [-0.4, -0.2) is 28.0 Å². The van der Waals surface area contributed by atoms with Crippen molar-refractivity contribution < 1.29 is 9.18 Å². The van der Waals surface area contributed by atoms with Gasteiger partial charge in [0.2, 0.25) is 5.91 Å². The predicted octanol–water partition coefficient (Wildman–Crippen LogP) is 3.03. The average Bonchev–Trinajstić information content (AvgIpc) is 2.77. The fourth-order valence-corrected chi connectivity index (χ4v) is 3.72. The second-order valence-corrected chi connectivity index (χ2v) is 6.82. The molecular weight excluding hydrogens is 317 g/mol. The predicted molar refractivity (Wildman–Crippen MR) is 81.6 cm³/mol. The first kappa shape index (κ1) is 15.1. The van der Waals surface area contributed by atoms with Crippen molar-refractivity contribution in [2.24, 2.45) is 0 Å². The molecule has 0 bridgehead atoms. The molecule has 4 nitrogen and oxygen atoms in total. The largest absolute Gasteiger partial charge is 0.356 e. The van der Waals surface area contributed by atoms with Gasteiger partial charge in [0, 0.05) is 19.2 Å². The van der Waals surface area contributed by atoms with Gasteiger partial charge >= 0.3 is 0 Å². The van der Waals surface area contributed by atoms with Crippen LogP contribution >= 0.6 is 35.3 Å². The molecular formula is C12H12FN3OS3. The number of halogens is 1. The van der Waals surface area contributed by atoms with Gasteiger partial charge in [0.1, 0.15) is 5.82 Å². The van der Waals surface area contributed by atoms with E-state index in [0.29, 0.717) is 10.5 Å². The summed E-state index contributed by atoms with van der Waals surface area (Å²) in [6.07, 6.45) is 0. The molecule has 0 aliphatic rings. The second kappa shape index (κ2) is 6.96. The normalized spacial score (nSPS) is 10.5. The summed E-state index contributed by atoms with van der Waals surface area (Å²) < 4.78 is 15.9. The first-order chi connectivity index (χ1) is 9.56. The van der Waals surface area contributed by atoms with E-state index in [9.17, 15) is 9.18 Å².